The molecule has 0 bridgehead atoms. The van der Waals surface area contributed by atoms with Crippen molar-refractivity contribution in [2.45, 2.75) is 90.3 Å². The van der Waals surface area contributed by atoms with Gasteiger partial charge in [0.2, 0.25) is 0 Å². The fraction of sp³-hybridized carbons (Fsp3) is 0.737. The van der Waals surface area contributed by atoms with Gasteiger partial charge in [0, 0.05) is 23.7 Å². The van der Waals surface area contributed by atoms with Crippen LogP contribution in [0.15, 0.2) is 18.2 Å². The van der Waals surface area contributed by atoms with Gasteiger partial charge in [-0.3, -0.25) is 4.98 Å². The van der Waals surface area contributed by atoms with Crippen molar-refractivity contribution >= 4 is 36.1 Å². The Labute approximate surface area is 173 Å². The fourth-order valence-corrected chi connectivity index (χ4v) is 7.95. The molecule has 6 heteroatoms. The molecular formula is C19H35Cl2CoNP2. The van der Waals surface area contributed by atoms with Crippen LogP contribution < -0.4 is 0 Å². The van der Waals surface area contributed by atoms with E-state index in [0.717, 1.165) is 22.6 Å². The van der Waals surface area contributed by atoms with Gasteiger partial charge in [0.1, 0.15) is 0 Å². The third kappa shape index (κ3) is 10.9. The van der Waals surface area contributed by atoms with E-state index in [2.05, 4.69) is 73.6 Å². The average Bonchev–Trinajstić information content (AvgIpc) is 2.50. The maximum atomic E-state index is 5.01. The van der Waals surface area contributed by atoms with Crippen LogP contribution in [0, 0.1) is 0 Å². The van der Waals surface area contributed by atoms with Crippen LogP contribution in [0.25, 0.3) is 0 Å². The molecule has 1 nitrogen and oxygen atoms in total. The molecule has 0 aliphatic heterocycles. The summed E-state index contributed by atoms with van der Waals surface area (Å²) in [5.41, 5.74) is 5.75. The summed E-state index contributed by atoms with van der Waals surface area (Å²) in [6.07, 6.45) is 2.36. The summed E-state index contributed by atoms with van der Waals surface area (Å²) in [4.78, 5) is 5.01. The van der Waals surface area contributed by atoms with E-state index in [1.54, 1.807) is 0 Å². The Bertz CT molecular complexity index is 417. The van der Waals surface area contributed by atoms with Crippen LogP contribution in [0.1, 0.15) is 66.8 Å². The first-order chi connectivity index (χ1) is 11.6. The molecule has 0 atom stereocenters. The monoisotopic (exact) mass is 468 g/mol. The van der Waals surface area contributed by atoms with Crippen LogP contribution in [0.5, 0.6) is 0 Å². The number of hydrogen-bond donors (Lipinski definition) is 0. The Kier molecular flexibility index (Phi) is 14.8. The van der Waals surface area contributed by atoms with Gasteiger partial charge in [0.15, 0.2) is 0 Å². The van der Waals surface area contributed by atoms with Crippen LogP contribution in [-0.4, -0.2) is 27.6 Å². The number of halogens is 2. The molecule has 0 fully saturated rings. The zero-order chi connectivity index (χ0) is 19.6. The van der Waals surface area contributed by atoms with Crippen molar-refractivity contribution in [3.8, 4) is 0 Å². The predicted molar refractivity (Wildman–Crippen MR) is 118 cm³/mol. The maximum absolute atomic E-state index is 5.01. The molecule has 0 saturated heterocycles. The van der Waals surface area contributed by atoms with E-state index in [1.165, 1.54) is 23.7 Å². The first-order valence-corrected chi connectivity index (χ1v) is 15.1. The molecule has 0 N–H and O–H groups in total. The summed E-state index contributed by atoms with van der Waals surface area (Å²) in [6, 6.07) is 6.69. The zero-order valence-electron chi connectivity index (χ0n) is 16.9. The van der Waals surface area contributed by atoms with E-state index in [1.807, 2.05) is 0 Å². The van der Waals surface area contributed by atoms with Gasteiger partial charge in [0.05, 0.1) is 0 Å². The summed E-state index contributed by atoms with van der Waals surface area (Å²) < 4.78 is 0. The van der Waals surface area contributed by atoms with Crippen LogP contribution in [0.4, 0.5) is 0 Å². The Morgan fingerprint density at radius 3 is 1.28 bits per heavy atom. The molecule has 0 aromatic carbocycles. The fourth-order valence-electron chi connectivity index (χ4n) is 3.00. The summed E-state index contributed by atoms with van der Waals surface area (Å²) in [5.74, 6) is 0. The van der Waals surface area contributed by atoms with Crippen molar-refractivity contribution in [3.05, 3.63) is 29.6 Å². The molecular weight excluding hydrogens is 434 g/mol. The Balaban J connectivity index is 0.00000178. The van der Waals surface area contributed by atoms with Gasteiger partial charge in [-0.15, -0.1) is 0 Å². The minimum absolute atomic E-state index is 0.0302. The second kappa shape index (κ2) is 14.1. The molecule has 1 heterocycles. The normalized spacial score (nSPS) is 12.0. The Morgan fingerprint density at radius 2 is 1.04 bits per heavy atom. The van der Waals surface area contributed by atoms with Crippen molar-refractivity contribution in [3.63, 3.8) is 0 Å². The SMILES string of the molecule is CC(C)P(Cc1cccc(CP(C(C)C)C(C)C)n1)C(C)C.[Cl][Co][Cl]. The van der Waals surface area contributed by atoms with Crippen LogP contribution in [0.3, 0.4) is 0 Å². The number of aromatic nitrogens is 1. The molecule has 1 rings (SSSR count). The predicted octanol–water partition coefficient (Wildman–Crippen LogP) is 8.06. The van der Waals surface area contributed by atoms with Crippen LogP contribution >= 0.6 is 36.1 Å². The van der Waals surface area contributed by atoms with Crippen LogP contribution in [-0.2, 0) is 25.2 Å². The summed E-state index contributed by atoms with van der Waals surface area (Å²) in [6.45, 7) is 18.9. The number of hydrogen-bond acceptors (Lipinski definition) is 1. The van der Waals surface area contributed by atoms with E-state index in [9.17, 15) is 0 Å². The van der Waals surface area contributed by atoms with E-state index in [4.69, 9.17) is 25.3 Å². The molecule has 0 radical (unpaired) electrons. The number of pyridine rings is 1. The van der Waals surface area contributed by atoms with Crippen molar-refractivity contribution < 1.29 is 12.9 Å². The first-order valence-electron chi connectivity index (χ1n) is 8.93. The number of nitrogens with zero attached hydrogens (tertiary/aromatic N) is 1. The second-order valence-corrected chi connectivity index (χ2v) is 15.9. The third-order valence-electron chi connectivity index (χ3n) is 4.21. The van der Waals surface area contributed by atoms with E-state index < -0.39 is 0 Å². The molecule has 149 valence electrons. The zero-order valence-corrected chi connectivity index (χ0v) is 21.2. The molecule has 0 unspecified atom stereocenters. The average molecular weight is 469 g/mol. The quantitative estimate of drug-likeness (QED) is 0.351. The minimum atomic E-state index is 0.0302. The van der Waals surface area contributed by atoms with E-state index in [0.29, 0.717) is 12.9 Å². The van der Waals surface area contributed by atoms with Crippen LogP contribution in [0.2, 0.25) is 0 Å². The number of rotatable bonds is 8. The van der Waals surface area contributed by atoms with Crippen molar-refractivity contribution in [2.24, 2.45) is 0 Å². The van der Waals surface area contributed by atoms with Gasteiger partial charge in [-0.1, -0.05) is 77.3 Å². The van der Waals surface area contributed by atoms with Gasteiger partial charge >= 0.3 is 33.2 Å². The molecule has 1 aromatic heterocycles. The first kappa shape index (κ1) is 26.1. The van der Waals surface area contributed by atoms with Crippen molar-refractivity contribution in [1.82, 2.24) is 4.98 Å². The molecule has 0 spiro atoms. The third-order valence-corrected chi connectivity index (χ3v) is 10.9. The van der Waals surface area contributed by atoms with Gasteiger partial charge < -0.3 is 0 Å². The summed E-state index contributed by atoms with van der Waals surface area (Å²) >= 11 is 0.382. The molecule has 0 amide bonds. The molecule has 0 aliphatic carbocycles. The Hall–Kier alpha value is 1.10. The van der Waals surface area contributed by atoms with Crippen molar-refractivity contribution in [1.29, 1.82) is 0 Å². The van der Waals surface area contributed by atoms with E-state index in [-0.39, 0.29) is 15.8 Å². The topological polar surface area (TPSA) is 12.9 Å². The summed E-state index contributed by atoms with van der Waals surface area (Å²) in [5, 5.41) is 0. The second-order valence-electron chi connectivity index (χ2n) is 7.39. The molecule has 0 aliphatic rings. The summed E-state index contributed by atoms with van der Waals surface area (Å²) in [7, 11) is 9.53. The Morgan fingerprint density at radius 1 is 0.760 bits per heavy atom. The molecule has 25 heavy (non-hydrogen) atoms. The van der Waals surface area contributed by atoms with Gasteiger partial charge in [-0.25, -0.2) is 0 Å². The standard InChI is InChI=1S/C19H35NP2.2ClH.Co/c1-14(2)21(15(3)4)12-18-10-9-11-19(20-18)13-22(16(5)6)17(7)8;;;/h9-11,14-17H,12-13H2,1-8H3;2*1H;/q;;;+2/p-2. The molecule has 0 saturated carbocycles. The van der Waals surface area contributed by atoms with Gasteiger partial charge in [0.25, 0.3) is 0 Å². The molecule has 1 aromatic rings. The van der Waals surface area contributed by atoms with Gasteiger partial charge in [-0.2, -0.15) is 0 Å². The van der Waals surface area contributed by atoms with Gasteiger partial charge in [-0.05, 0) is 34.8 Å². The van der Waals surface area contributed by atoms with Crippen molar-refractivity contribution in [2.75, 3.05) is 0 Å². The van der Waals surface area contributed by atoms with E-state index >= 15 is 0 Å².